The molecule has 0 atom stereocenters. The number of hydrogen-bond donors (Lipinski definition) is 1. The van der Waals surface area contributed by atoms with Crippen LogP contribution in [0.4, 0.5) is 5.69 Å². The predicted octanol–water partition coefficient (Wildman–Crippen LogP) is 3.24. The van der Waals surface area contributed by atoms with Crippen molar-refractivity contribution in [3.63, 3.8) is 0 Å². The molecule has 3 rings (SSSR count). The van der Waals surface area contributed by atoms with E-state index in [1.54, 1.807) is 6.07 Å². The monoisotopic (exact) mass is 320 g/mol. The van der Waals surface area contributed by atoms with Crippen LogP contribution >= 0.6 is 11.6 Å². The van der Waals surface area contributed by atoms with Gasteiger partial charge in [-0.3, -0.25) is 9.59 Å². The topological polar surface area (TPSA) is 49.4 Å². The number of rotatable bonds is 3. The standard InChI is InChI=1S/C17H21ClN2O2/c1-11-3-2-4-14(18)15(11)19-16(21)12-7-9-20(10-8-12)17(22)13-5-6-13/h2-4,12-13H,5-10H2,1H3,(H,19,21). The van der Waals surface area contributed by atoms with Gasteiger partial charge in [-0.15, -0.1) is 0 Å². The first-order chi connectivity index (χ1) is 10.6. The molecule has 2 aliphatic rings. The molecule has 0 spiro atoms. The van der Waals surface area contributed by atoms with Gasteiger partial charge < -0.3 is 10.2 Å². The summed E-state index contributed by atoms with van der Waals surface area (Å²) >= 11 is 6.15. The van der Waals surface area contributed by atoms with E-state index >= 15 is 0 Å². The molecule has 1 heterocycles. The van der Waals surface area contributed by atoms with E-state index in [9.17, 15) is 9.59 Å². The highest BCUT2D eigenvalue weighted by molar-refractivity contribution is 6.33. The number of benzene rings is 1. The van der Waals surface area contributed by atoms with Crippen LogP contribution in [-0.2, 0) is 9.59 Å². The van der Waals surface area contributed by atoms with Gasteiger partial charge in [0, 0.05) is 24.9 Å². The summed E-state index contributed by atoms with van der Waals surface area (Å²) in [6.45, 7) is 3.31. The summed E-state index contributed by atoms with van der Waals surface area (Å²) < 4.78 is 0. The van der Waals surface area contributed by atoms with Gasteiger partial charge in [-0.1, -0.05) is 23.7 Å². The average Bonchev–Trinajstić information content (AvgIpc) is 3.35. The first-order valence-corrected chi connectivity index (χ1v) is 8.29. The van der Waals surface area contributed by atoms with Crippen molar-refractivity contribution in [2.24, 2.45) is 11.8 Å². The van der Waals surface area contributed by atoms with Gasteiger partial charge in [0.15, 0.2) is 0 Å². The molecule has 5 heteroatoms. The number of aryl methyl sites for hydroxylation is 1. The summed E-state index contributed by atoms with van der Waals surface area (Å²) in [4.78, 5) is 26.4. The number of likely N-dealkylation sites (tertiary alicyclic amines) is 1. The molecule has 118 valence electrons. The van der Waals surface area contributed by atoms with Gasteiger partial charge in [0.25, 0.3) is 0 Å². The molecule has 2 amide bonds. The molecule has 1 aliphatic heterocycles. The van der Waals surface area contributed by atoms with Crippen LogP contribution in [0.5, 0.6) is 0 Å². The van der Waals surface area contributed by atoms with Crippen LogP contribution in [0.1, 0.15) is 31.2 Å². The van der Waals surface area contributed by atoms with E-state index in [0.29, 0.717) is 23.8 Å². The normalized spacial score (nSPS) is 19.1. The number of carbonyl (C=O) groups is 2. The Hall–Kier alpha value is -1.55. The van der Waals surface area contributed by atoms with E-state index in [0.717, 1.165) is 31.2 Å². The van der Waals surface area contributed by atoms with Gasteiger partial charge >= 0.3 is 0 Å². The minimum atomic E-state index is -0.0427. The van der Waals surface area contributed by atoms with Crippen molar-refractivity contribution in [1.82, 2.24) is 4.90 Å². The van der Waals surface area contributed by atoms with Crippen molar-refractivity contribution < 1.29 is 9.59 Å². The van der Waals surface area contributed by atoms with Crippen molar-refractivity contribution in [3.8, 4) is 0 Å². The van der Waals surface area contributed by atoms with Crippen molar-refractivity contribution in [1.29, 1.82) is 0 Å². The van der Waals surface area contributed by atoms with E-state index in [1.165, 1.54) is 0 Å². The molecule has 1 N–H and O–H groups in total. The Morgan fingerprint density at radius 1 is 1.14 bits per heavy atom. The number of anilines is 1. The minimum Gasteiger partial charge on any atom is -0.342 e. The van der Waals surface area contributed by atoms with E-state index in [-0.39, 0.29) is 23.7 Å². The highest BCUT2D eigenvalue weighted by Gasteiger charge is 2.36. The van der Waals surface area contributed by atoms with Crippen LogP contribution < -0.4 is 5.32 Å². The summed E-state index contributed by atoms with van der Waals surface area (Å²) in [5.41, 5.74) is 1.66. The van der Waals surface area contributed by atoms with Crippen LogP contribution in [0.15, 0.2) is 18.2 Å². The smallest absolute Gasteiger partial charge is 0.227 e. The second kappa shape index (κ2) is 6.29. The van der Waals surface area contributed by atoms with Crippen LogP contribution in [0.25, 0.3) is 0 Å². The van der Waals surface area contributed by atoms with Gasteiger partial charge in [0.05, 0.1) is 10.7 Å². The largest absolute Gasteiger partial charge is 0.342 e. The zero-order valence-corrected chi connectivity index (χ0v) is 13.5. The first-order valence-electron chi connectivity index (χ1n) is 7.91. The SMILES string of the molecule is Cc1cccc(Cl)c1NC(=O)C1CCN(C(=O)C2CC2)CC1. The highest BCUT2D eigenvalue weighted by Crippen LogP contribution is 2.33. The molecular weight excluding hydrogens is 300 g/mol. The third-order valence-electron chi connectivity index (χ3n) is 4.57. The number of para-hydroxylation sites is 1. The van der Waals surface area contributed by atoms with E-state index in [4.69, 9.17) is 11.6 Å². The third-order valence-corrected chi connectivity index (χ3v) is 4.89. The maximum absolute atomic E-state index is 12.4. The molecule has 1 aliphatic carbocycles. The quantitative estimate of drug-likeness (QED) is 0.929. The maximum Gasteiger partial charge on any atom is 0.227 e. The first kappa shape index (κ1) is 15.3. The number of nitrogens with zero attached hydrogens (tertiary/aromatic N) is 1. The van der Waals surface area contributed by atoms with Crippen LogP contribution in [0, 0.1) is 18.8 Å². The van der Waals surface area contributed by atoms with Gasteiger partial charge in [0.1, 0.15) is 0 Å². The van der Waals surface area contributed by atoms with Crippen LogP contribution in [-0.4, -0.2) is 29.8 Å². The molecule has 0 aromatic heterocycles. The van der Waals surface area contributed by atoms with E-state index < -0.39 is 0 Å². The second-order valence-corrected chi connectivity index (χ2v) is 6.70. The number of carbonyl (C=O) groups excluding carboxylic acids is 2. The molecule has 0 bridgehead atoms. The second-order valence-electron chi connectivity index (χ2n) is 6.29. The zero-order valence-electron chi connectivity index (χ0n) is 12.8. The lowest BCUT2D eigenvalue weighted by molar-refractivity contribution is -0.135. The lowest BCUT2D eigenvalue weighted by Crippen LogP contribution is -2.42. The molecule has 22 heavy (non-hydrogen) atoms. The Labute approximate surface area is 135 Å². The Balaban J connectivity index is 1.57. The van der Waals surface area contributed by atoms with Crippen molar-refractivity contribution in [2.75, 3.05) is 18.4 Å². The third kappa shape index (κ3) is 3.27. The van der Waals surface area contributed by atoms with Crippen LogP contribution in [0.3, 0.4) is 0 Å². The molecule has 1 saturated carbocycles. The maximum atomic E-state index is 12.4. The summed E-state index contributed by atoms with van der Waals surface area (Å²) in [6.07, 6.45) is 3.53. The molecule has 1 aromatic carbocycles. The fourth-order valence-corrected chi connectivity index (χ4v) is 3.24. The number of amides is 2. The molecular formula is C17H21ClN2O2. The summed E-state index contributed by atoms with van der Waals surface area (Å²) in [7, 11) is 0. The lowest BCUT2D eigenvalue weighted by atomic mass is 9.95. The number of nitrogens with one attached hydrogen (secondary N) is 1. The molecule has 2 fully saturated rings. The van der Waals surface area contributed by atoms with Gasteiger partial charge in [-0.2, -0.15) is 0 Å². The Kier molecular flexibility index (Phi) is 4.39. The zero-order chi connectivity index (χ0) is 15.7. The average molecular weight is 321 g/mol. The Morgan fingerprint density at radius 3 is 2.41 bits per heavy atom. The van der Waals surface area contributed by atoms with Crippen molar-refractivity contribution in [2.45, 2.75) is 32.6 Å². The van der Waals surface area contributed by atoms with Crippen molar-refractivity contribution in [3.05, 3.63) is 28.8 Å². The van der Waals surface area contributed by atoms with Gasteiger partial charge in [-0.05, 0) is 44.2 Å². The molecule has 0 unspecified atom stereocenters. The van der Waals surface area contributed by atoms with Gasteiger partial charge in [-0.25, -0.2) is 0 Å². The molecule has 0 radical (unpaired) electrons. The number of halogens is 1. The fourth-order valence-electron chi connectivity index (χ4n) is 2.97. The van der Waals surface area contributed by atoms with E-state index in [2.05, 4.69) is 5.32 Å². The Morgan fingerprint density at radius 2 is 1.82 bits per heavy atom. The number of hydrogen-bond acceptors (Lipinski definition) is 2. The van der Waals surface area contributed by atoms with E-state index in [1.807, 2.05) is 24.0 Å². The Bertz CT molecular complexity index is 570. The fraction of sp³-hybridized carbons (Fsp3) is 0.529. The lowest BCUT2D eigenvalue weighted by Gasteiger charge is -2.31. The molecule has 1 saturated heterocycles. The van der Waals surface area contributed by atoms with Crippen LogP contribution in [0.2, 0.25) is 5.02 Å². The summed E-state index contributed by atoms with van der Waals surface area (Å²) in [5.74, 6) is 0.505. The predicted molar refractivity (Wildman–Crippen MR) is 86.8 cm³/mol. The summed E-state index contributed by atoms with van der Waals surface area (Å²) in [5, 5.41) is 3.52. The number of piperidine rings is 1. The summed E-state index contributed by atoms with van der Waals surface area (Å²) in [6, 6.07) is 5.58. The highest BCUT2D eigenvalue weighted by atomic mass is 35.5. The molecule has 4 nitrogen and oxygen atoms in total. The van der Waals surface area contributed by atoms with Crippen molar-refractivity contribution >= 4 is 29.1 Å². The van der Waals surface area contributed by atoms with Gasteiger partial charge in [0.2, 0.25) is 11.8 Å². The minimum absolute atomic E-state index is 0.00900. The molecule has 1 aromatic rings.